The summed E-state index contributed by atoms with van der Waals surface area (Å²) in [4.78, 5) is 0. The Labute approximate surface area is 108 Å². The Morgan fingerprint density at radius 1 is 0.833 bits per heavy atom. The summed E-state index contributed by atoms with van der Waals surface area (Å²) in [5.41, 5.74) is 1.48. The first-order valence-corrected chi connectivity index (χ1v) is 6.71. The van der Waals surface area contributed by atoms with Crippen LogP contribution in [0.3, 0.4) is 0 Å². The Morgan fingerprint density at radius 2 is 1.44 bits per heavy atom. The van der Waals surface area contributed by atoms with Crippen molar-refractivity contribution in [3.05, 3.63) is 60.2 Å². The number of hydrogen-bond acceptors (Lipinski definition) is 0. The molecule has 0 heterocycles. The van der Waals surface area contributed by atoms with Gasteiger partial charge >= 0.3 is 0 Å². The molecule has 0 aromatic heterocycles. The number of rotatable bonds is 2. The van der Waals surface area contributed by atoms with Crippen molar-refractivity contribution in [2.75, 3.05) is 0 Å². The Bertz CT molecular complexity index is 695. The third-order valence-electron chi connectivity index (χ3n) is 3.94. The highest BCUT2D eigenvalue weighted by molar-refractivity contribution is 6.09. The fourth-order valence-corrected chi connectivity index (χ4v) is 2.71. The maximum Gasteiger partial charge on any atom is -0.0103 e. The second kappa shape index (κ2) is 4.45. The first-order chi connectivity index (χ1) is 8.81. The molecule has 3 aromatic rings. The molecular weight excluding hydrogens is 216 g/mol. The highest BCUT2D eigenvalue weighted by atomic mass is 14.1. The molecule has 90 valence electrons. The molecule has 0 radical (unpaired) electrons. The molecule has 0 nitrogen and oxygen atoms in total. The average Bonchev–Trinajstić information content (AvgIpc) is 2.45. The highest BCUT2D eigenvalue weighted by Crippen LogP contribution is 2.33. The minimum absolute atomic E-state index is 0.611. The van der Waals surface area contributed by atoms with E-state index in [1.807, 2.05) is 0 Å². The van der Waals surface area contributed by atoms with Gasteiger partial charge in [0.15, 0.2) is 0 Å². The maximum atomic E-state index is 2.37. The van der Waals surface area contributed by atoms with E-state index < -0.39 is 0 Å². The zero-order chi connectivity index (χ0) is 12.5. The van der Waals surface area contributed by atoms with Crippen LogP contribution < -0.4 is 0 Å². The Morgan fingerprint density at radius 3 is 2.17 bits per heavy atom. The van der Waals surface area contributed by atoms with E-state index in [0.29, 0.717) is 5.92 Å². The maximum absolute atomic E-state index is 2.37. The predicted octanol–water partition coefficient (Wildman–Crippen LogP) is 5.51. The lowest BCUT2D eigenvalue weighted by atomic mass is 9.90. The van der Waals surface area contributed by atoms with E-state index in [1.54, 1.807) is 0 Å². The summed E-state index contributed by atoms with van der Waals surface area (Å²) in [6.07, 6.45) is 1.18. The van der Waals surface area contributed by atoms with Crippen LogP contribution in [0.1, 0.15) is 31.7 Å². The first kappa shape index (κ1) is 11.3. The van der Waals surface area contributed by atoms with Gasteiger partial charge in [-0.3, -0.25) is 0 Å². The Hall–Kier alpha value is -1.82. The molecule has 0 saturated carbocycles. The van der Waals surface area contributed by atoms with Gasteiger partial charge in [0.25, 0.3) is 0 Å². The topological polar surface area (TPSA) is 0 Å². The molecule has 0 aliphatic rings. The molecule has 18 heavy (non-hydrogen) atoms. The van der Waals surface area contributed by atoms with Crippen LogP contribution in [0.2, 0.25) is 0 Å². The van der Waals surface area contributed by atoms with Gasteiger partial charge in [-0.05, 0) is 39.4 Å². The van der Waals surface area contributed by atoms with E-state index in [0.717, 1.165) is 0 Å². The van der Waals surface area contributed by atoms with Crippen molar-refractivity contribution in [2.45, 2.75) is 26.2 Å². The second-order valence-electron chi connectivity index (χ2n) is 5.04. The fraction of sp³-hybridized carbons (Fsp3) is 0.222. The van der Waals surface area contributed by atoms with Crippen LogP contribution in [-0.4, -0.2) is 0 Å². The van der Waals surface area contributed by atoms with Gasteiger partial charge in [0.2, 0.25) is 0 Å². The lowest BCUT2D eigenvalue weighted by molar-refractivity contribution is 0.740. The molecule has 1 unspecified atom stereocenters. The van der Waals surface area contributed by atoms with E-state index in [-0.39, 0.29) is 0 Å². The summed E-state index contributed by atoms with van der Waals surface area (Å²) in [5.74, 6) is 0.611. The van der Waals surface area contributed by atoms with E-state index in [4.69, 9.17) is 0 Å². The highest BCUT2D eigenvalue weighted by Gasteiger charge is 2.10. The van der Waals surface area contributed by atoms with Crippen LogP contribution in [0.4, 0.5) is 0 Å². The normalized spacial score (nSPS) is 13.0. The number of benzene rings is 3. The molecule has 0 N–H and O–H groups in total. The largest absolute Gasteiger partial charge is 0.0648 e. The van der Waals surface area contributed by atoms with Gasteiger partial charge in [-0.1, -0.05) is 68.4 Å². The van der Waals surface area contributed by atoms with Crippen LogP contribution in [0.15, 0.2) is 54.6 Å². The molecule has 0 spiro atoms. The Kier molecular flexibility index (Phi) is 2.79. The molecule has 3 aromatic carbocycles. The monoisotopic (exact) mass is 234 g/mol. The zero-order valence-corrected chi connectivity index (χ0v) is 11.0. The van der Waals surface area contributed by atoms with Crippen LogP contribution in [0.25, 0.3) is 21.5 Å². The number of fused-ring (bicyclic) bond motifs is 3. The van der Waals surface area contributed by atoms with Crippen molar-refractivity contribution < 1.29 is 0 Å². The SMILES string of the molecule is CCC(C)c1cc2ccccc2c2ccccc12. The van der Waals surface area contributed by atoms with Gasteiger partial charge < -0.3 is 0 Å². The van der Waals surface area contributed by atoms with E-state index in [1.165, 1.54) is 33.5 Å². The Balaban J connectivity index is 2.46. The van der Waals surface area contributed by atoms with E-state index >= 15 is 0 Å². The van der Waals surface area contributed by atoms with Crippen molar-refractivity contribution >= 4 is 21.5 Å². The summed E-state index contributed by atoms with van der Waals surface area (Å²) in [6, 6.07) is 19.8. The van der Waals surface area contributed by atoms with Crippen LogP contribution in [0, 0.1) is 0 Å². The molecule has 0 fully saturated rings. The molecule has 3 rings (SSSR count). The van der Waals surface area contributed by atoms with Crippen LogP contribution >= 0.6 is 0 Å². The average molecular weight is 234 g/mol. The zero-order valence-electron chi connectivity index (χ0n) is 11.0. The van der Waals surface area contributed by atoms with Crippen molar-refractivity contribution in [3.63, 3.8) is 0 Å². The molecular formula is C18H18. The standard InChI is InChI=1S/C18H18/c1-3-13(2)18-12-14-8-4-5-9-15(14)16-10-6-7-11-17(16)18/h4-13H,3H2,1-2H3. The van der Waals surface area contributed by atoms with Crippen LogP contribution in [0.5, 0.6) is 0 Å². The molecule has 0 amide bonds. The smallest absolute Gasteiger partial charge is 0.0103 e. The summed E-state index contributed by atoms with van der Waals surface area (Å²) in [7, 11) is 0. The van der Waals surface area contributed by atoms with Crippen molar-refractivity contribution in [1.82, 2.24) is 0 Å². The molecule has 0 aliphatic carbocycles. The van der Waals surface area contributed by atoms with Crippen molar-refractivity contribution in [1.29, 1.82) is 0 Å². The third kappa shape index (κ3) is 1.69. The van der Waals surface area contributed by atoms with Gasteiger partial charge in [-0.15, -0.1) is 0 Å². The lowest BCUT2D eigenvalue weighted by Gasteiger charge is -2.15. The quantitative estimate of drug-likeness (QED) is 0.513. The molecule has 0 saturated heterocycles. The summed E-state index contributed by atoms with van der Waals surface area (Å²) in [6.45, 7) is 4.57. The predicted molar refractivity (Wildman–Crippen MR) is 80.2 cm³/mol. The van der Waals surface area contributed by atoms with E-state index in [9.17, 15) is 0 Å². The van der Waals surface area contributed by atoms with Crippen molar-refractivity contribution in [3.8, 4) is 0 Å². The minimum atomic E-state index is 0.611. The number of hydrogen-bond donors (Lipinski definition) is 0. The van der Waals surface area contributed by atoms with Crippen molar-refractivity contribution in [2.24, 2.45) is 0 Å². The third-order valence-corrected chi connectivity index (χ3v) is 3.94. The van der Waals surface area contributed by atoms with E-state index in [2.05, 4.69) is 68.4 Å². The molecule has 0 bridgehead atoms. The first-order valence-electron chi connectivity index (χ1n) is 6.71. The summed E-state index contributed by atoms with van der Waals surface area (Å²) >= 11 is 0. The van der Waals surface area contributed by atoms with Crippen LogP contribution in [-0.2, 0) is 0 Å². The second-order valence-corrected chi connectivity index (χ2v) is 5.04. The van der Waals surface area contributed by atoms with Gasteiger partial charge in [-0.25, -0.2) is 0 Å². The molecule has 0 aliphatic heterocycles. The molecule has 0 heteroatoms. The summed E-state index contributed by atoms with van der Waals surface area (Å²) in [5, 5.41) is 5.50. The fourth-order valence-electron chi connectivity index (χ4n) is 2.71. The minimum Gasteiger partial charge on any atom is -0.0648 e. The van der Waals surface area contributed by atoms with Gasteiger partial charge in [0, 0.05) is 0 Å². The summed E-state index contributed by atoms with van der Waals surface area (Å²) < 4.78 is 0. The lowest BCUT2D eigenvalue weighted by Crippen LogP contribution is -1.93. The van der Waals surface area contributed by atoms with Gasteiger partial charge in [0.05, 0.1) is 0 Å². The van der Waals surface area contributed by atoms with Gasteiger partial charge in [-0.2, -0.15) is 0 Å². The van der Waals surface area contributed by atoms with Gasteiger partial charge in [0.1, 0.15) is 0 Å². The molecule has 1 atom stereocenters.